The van der Waals surface area contributed by atoms with Crippen molar-refractivity contribution < 1.29 is 9.18 Å². The van der Waals surface area contributed by atoms with Gasteiger partial charge in [0.05, 0.1) is 11.9 Å². The van der Waals surface area contributed by atoms with Crippen LogP contribution in [0.15, 0.2) is 30.7 Å². The van der Waals surface area contributed by atoms with Crippen LogP contribution in [-0.4, -0.2) is 48.1 Å². The van der Waals surface area contributed by atoms with E-state index in [0.29, 0.717) is 42.3 Å². The number of carbonyl (C=O) groups excluding carboxylic acids is 1. The van der Waals surface area contributed by atoms with Gasteiger partial charge in [0.15, 0.2) is 5.82 Å². The number of anilines is 4. The molecule has 2 aliphatic rings. The fourth-order valence-corrected chi connectivity index (χ4v) is 3.83. The Morgan fingerprint density at radius 1 is 1.29 bits per heavy atom. The Morgan fingerprint density at radius 2 is 2.16 bits per heavy atom. The minimum Gasteiger partial charge on any atom is -0.326 e. The molecule has 1 saturated heterocycles. The number of carbonyl (C=O) groups is 1. The minimum absolute atomic E-state index is 0.227. The molecule has 1 saturated carbocycles. The van der Waals surface area contributed by atoms with E-state index in [1.807, 2.05) is 17.9 Å². The van der Waals surface area contributed by atoms with Gasteiger partial charge >= 0.3 is 0 Å². The van der Waals surface area contributed by atoms with Gasteiger partial charge in [-0.15, -0.1) is 0 Å². The molecule has 31 heavy (non-hydrogen) atoms. The van der Waals surface area contributed by atoms with Crippen LogP contribution in [0.3, 0.4) is 0 Å². The zero-order valence-corrected chi connectivity index (χ0v) is 17.0. The molecule has 0 radical (unpaired) electrons. The maximum atomic E-state index is 13.1. The number of nitrogens with one attached hydrogen (secondary N) is 3. The number of hydrogen-bond acceptors (Lipinski definition) is 8. The molecule has 1 unspecified atom stereocenters. The fourth-order valence-electron chi connectivity index (χ4n) is 3.83. The standard InChI is InChI=1S/C20H22FN9O/c1-20(17(31)25-13-5-6-15(21)22-10-13)7-2-8-30(20)19-24-11-23-18(27-19)26-16-9-14(28-29-16)12-3-4-12/h5-6,9-12H,2-4,7-8H2,1H3,(H,25,31)(H2,23,24,26,27,28,29). The second kappa shape index (κ2) is 7.56. The summed E-state index contributed by atoms with van der Waals surface area (Å²) in [5.41, 5.74) is 0.678. The molecule has 11 heteroatoms. The Morgan fingerprint density at radius 3 is 2.94 bits per heavy atom. The molecule has 3 aromatic heterocycles. The number of pyridine rings is 1. The largest absolute Gasteiger partial charge is 0.326 e. The lowest BCUT2D eigenvalue weighted by Crippen LogP contribution is -2.51. The van der Waals surface area contributed by atoms with Gasteiger partial charge in [-0.05, 0) is 44.7 Å². The summed E-state index contributed by atoms with van der Waals surface area (Å²) in [5, 5.41) is 13.2. The Bertz CT molecular complexity index is 1100. The van der Waals surface area contributed by atoms with Crippen molar-refractivity contribution in [1.29, 1.82) is 0 Å². The topological polar surface area (TPSA) is 125 Å². The third-order valence-electron chi connectivity index (χ3n) is 5.77. The molecular weight excluding hydrogens is 401 g/mol. The van der Waals surface area contributed by atoms with E-state index in [9.17, 15) is 9.18 Å². The summed E-state index contributed by atoms with van der Waals surface area (Å²) in [6.45, 7) is 2.47. The van der Waals surface area contributed by atoms with E-state index in [1.54, 1.807) is 0 Å². The molecule has 1 amide bonds. The lowest BCUT2D eigenvalue weighted by molar-refractivity contribution is -0.120. The van der Waals surface area contributed by atoms with Crippen molar-refractivity contribution in [2.24, 2.45) is 0 Å². The first kappa shape index (κ1) is 19.3. The van der Waals surface area contributed by atoms with Crippen LogP contribution in [-0.2, 0) is 4.79 Å². The first-order valence-electron chi connectivity index (χ1n) is 10.2. The van der Waals surface area contributed by atoms with Crippen LogP contribution in [0.2, 0.25) is 0 Å². The Balaban J connectivity index is 1.33. The van der Waals surface area contributed by atoms with Crippen molar-refractivity contribution in [1.82, 2.24) is 30.1 Å². The average Bonchev–Trinajstić information content (AvgIpc) is 3.38. The molecule has 3 aromatic rings. The van der Waals surface area contributed by atoms with Crippen molar-refractivity contribution in [2.45, 2.75) is 44.1 Å². The van der Waals surface area contributed by atoms with E-state index >= 15 is 0 Å². The third-order valence-corrected chi connectivity index (χ3v) is 5.77. The summed E-state index contributed by atoms with van der Waals surface area (Å²) >= 11 is 0. The molecule has 4 heterocycles. The van der Waals surface area contributed by atoms with Crippen LogP contribution < -0.4 is 15.5 Å². The highest BCUT2D eigenvalue weighted by atomic mass is 19.1. The first-order valence-corrected chi connectivity index (χ1v) is 10.2. The highest BCUT2D eigenvalue weighted by Gasteiger charge is 2.44. The van der Waals surface area contributed by atoms with E-state index in [0.717, 1.165) is 12.1 Å². The predicted molar refractivity (Wildman–Crippen MR) is 111 cm³/mol. The number of nitrogens with zero attached hydrogens (tertiary/aromatic N) is 6. The number of halogens is 1. The van der Waals surface area contributed by atoms with Gasteiger partial charge in [0, 0.05) is 24.2 Å². The van der Waals surface area contributed by atoms with Crippen molar-refractivity contribution in [3.8, 4) is 0 Å². The zero-order valence-electron chi connectivity index (χ0n) is 17.0. The lowest BCUT2D eigenvalue weighted by atomic mass is 9.97. The summed E-state index contributed by atoms with van der Waals surface area (Å²) in [6.07, 6.45) is 6.51. The summed E-state index contributed by atoms with van der Waals surface area (Å²) in [6, 6.07) is 4.65. The van der Waals surface area contributed by atoms with Crippen LogP contribution in [0.1, 0.15) is 44.2 Å². The molecule has 1 aliphatic heterocycles. The number of hydrogen-bond donors (Lipinski definition) is 3. The zero-order chi connectivity index (χ0) is 21.4. The fraction of sp³-hybridized carbons (Fsp3) is 0.400. The summed E-state index contributed by atoms with van der Waals surface area (Å²) in [4.78, 5) is 31.5. The van der Waals surface area contributed by atoms with Gasteiger partial charge in [-0.25, -0.2) is 15.0 Å². The molecule has 0 aromatic carbocycles. The summed E-state index contributed by atoms with van der Waals surface area (Å²) < 4.78 is 13.1. The second-order valence-electron chi connectivity index (χ2n) is 8.07. The Kier molecular flexibility index (Phi) is 4.72. The highest BCUT2D eigenvalue weighted by Crippen LogP contribution is 2.39. The van der Waals surface area contributed by atoms with E-state index in [4.69, 9.17) is 0 Å². The monoisotopic (exact) mass is 423 g/mol. The Labute approximate surface area is 177 Å². The van der Waals surface area contributed by atoms with Crippen molar-refractivity contribution >= 4 is 29.3 Å². The van der Waals surface area contributed by atoms with Gasteiger partial charge in [0.25, 0.3) is 0 Å². The summed E-state index contributed by atoms with van der Waals surface area (Å²) in [5.74, 6) is 1.15. The number of H-pyrrole nitrogens is 1. The van der Waals surface area contributed by atoms with Crippen molar-refractivity contribution in [2.75, 3.05) is 22.1 Å². The van der Waals surface area contributed by atoms with E-state index in [2.05, 4.69) is 40.8 Å². The average molecular weight is 423 g/mol. The molecule has 2 fully saturated rings. The van der Waals surface area contributed by atoms with Crippen LogP contribution in [0.25, 0.3) is 0 Å². The predicted octanol–water partition coefficient (Wildman–Crippen LogP) is 2.75. The van der Waals surface area contributed by atoms with E-state index in [1.165, 1.54) is 37.5 Å². The van der Waals surface area contributed by atoms with Gasteiger partial charge in [-0.2, -0.15) is 14.5 Å². The van der Waals surface area contributed by atoms with Gasteiger partial charge in [0.1, 0.15) is 11.9 Å². The van der Waals surface area contributed by atoms with Crippen LogP contribution in [0.4, 0.5) is 27.8 Å². The molecule has 5 rings (SSSR count). The number of aromatic nitrogens is 6. The molecule has 3 N–H and O–H groups in total. The van der Waals surface area contributed by atoms with Gasteiger partial charge in [-0.1, -0.05) is 0 Å². The van der Waals surface area contributed by atoms with Crippen LogP contribution in [0, 0.1) is 5.95 Å². The number of amides is 1. The first-order chi connectivity index (χ1) is 15.0. The van der Waals surface area contributed by atoms with E-state index in [-0.39, 0.29) is 5.91 Å². The SMILES string of the molecule is CC1(C(=O)Nc2ccc(F)nc2)CCCN1c1ncnc(Nc2cc(C3CC3)[nH]n2)n1. The smallest absolute Gasteiger partial charge is 0.250 e. The minimum atomic E-state index is -0.863. The second-order valence-corrected chi connectivity index (χ2v) is 8.07. The molecular formula is C20H22FN9O. The van der Waals surface area contributed by atoms with Crippen LogP contribution in [0.5, 0.6) is 0 Å². The molecule has 0 spiro atoms. The Hall–Kier alpha value is -3.63. The van der Waals surface area contributed by atoms with Gasteiger partial charge in [-0.3, -0.25) is 9.89 Å². The van der Waals surface area contributed by atoms with Crippen molar-refractivity contribution in [3.05, 3.63) is 42.4 Å². The van der Waals surface area contributed by atoms with Crippen molar-refractivity contribution in [3.63, 3.8) is 0 Å². The third kappa shape index (κ3) is 3.90. The van der Waals surface area contributed by atoms with Gasteiger partial charge < -0.3 is 15.5 Å². The maximum absolute atomic E-state index is 13.1. The molecule has 160 valence electrons. The van der Waals surface area contributed by atoms with Crippen LogP contribution >= 0.6 is 0 Å². The molecule has 1 aliphatic carbocycles. The molecule has 10 nitrogen and oxygen atoms in total. The van der Waals surface area contributed by atoms with E-state index < -0.39 is 11.5 Å². The summed E-state index contributed by atoms with van der Waals surface area (Å²) in [7, 11) is 0. The highest BCUT2D eigenvalue weighted by molar-refractivity contribution is 6.00. The molecule has 0 bridgehead atoms. The number of rotatable bonds is 6. The normalized spacial score (nSPS) is 20.6. The van der Waals surface area contributed by atoms with Gasteiger partial charge in [0.2, 0.25) is 23.8 Å². The maximum Gasteiger partial charge on any atom is 0.250 e. The number of aromatic amines is 1. The quantitative estimate of drug-likeness (QED) is 0.517. The lowest BCUT2D eigenvalue weighted by Gasteiger charge is -2.33. The molecule has 1 atom stereocenters.